The third-order valence-corrected chi connectivity index (χ3v) is 2.81. The summed E-state index contributed by atoms with van der Waals surface area (Å²) in [5, 5.41) is 14.4. The quantitative estimate of drug-likeness (QED) is 0.732. The summed E-state index contributed by atoms with van der Waals surface area (Å²) < 4.78 is 4.98. The molecular weight excluding hydrogens is 244 g/mol. The summed E-state index contributed by atoms with van der Waals surface area (Å²) >= 11 is 0. The van der Waals surface area contributed by atoms with Gasteiger partial charge < -0.3 is 15.4 Å². The molecule has 19 heavy (non-hydrogen) atoms. The van der Waals surface area contributed by atoms with Crippen molar-refractivity contribution >= 4 is 10.9 Å². The van der Waals surface area contributed by atoms with Crippen LogP contribution in [0.5, 0.6) is 0 Å². The highest BCUT2D eigenvalue weighted by atomic mass is 16.5. The Hall–Kier alpha value is -2.31. The molecule has 0 saturated carbocycles. The fraction of sp³-hybridized carbons (Fsp3) is 0.154. The summed E-state index contributed by atoms with van der Waals surface area (Å²) in [5.41, 5.74) is 7.05. The van der Waals surface area contributed by atoms with Crippen LogP contribution in [0.2, 0.25) is 0 Å². The van der Waals surface area contributed by atoms with Gasteiger partial charge in [0.1, 0.15) is 6.10 Å². The van der Waals surface area contributed by atoms with E-state index < -0.39 is 6.10 Å². The van der Waals surface area contributed by atoms with Crippen molar-refractivity contribution in [1.82, 2.24) is 15.1 Å². The molecule has 0 saturated heterocycles. The maximum Gasteiger partial charge on any atom is 0.257 e. The monoisotopic (exact) mass is 256 g/mol. The predicted molar refractivity (Wildman–Crippen MR) is 69.0 cm³/mol. The Bertz CT molecular complexity index is 710. The summed E-state index contributed by atoms with van der Waals surface area (Å²) in [6.07, 6.45) is 0.815. The van der Waals surface area contributed by atoms with Crippen molar-refractivity contribution in [3.8, 4) is 11.4 Å². The number of aliphatic hydroxyl groups excluding tert-OH is 1. The highest BCUT2D eigenvalue weighted by molar-refractivity contribution is 5.82. The summed E-state index contributed by atoms with van der Waals surface area (Å²) in [7, 11) is 0. The van der Waals surface area contributed by atoms with Crippen LogP contribution >= 0.6 is 0 Å². The van der Waals surface area contributed by atoms with Crippen LogP contribution in [0.1, 0.15) is 12.0 Å². The summed E-state index contributed by atoms with van der Waals surface area (Å²) in [5.74, 6) is 0.553. The van der Waals surface area contributed by atoms with Gasteiger partial charge in [-0.25, -0.2) is 0 Å². The van der Waals surface area contributed by atoms with Crippen LogP contribution < -0.4 is 5.73 Å². The smallest absolute Gasteiger partial charge is 0.257 e. The molecule has 3 aromatic rings. The largest absolute Gasteiger partial charge is 0.382 e. The molecule has 0 amide bonds. The second-order valence-corrected chi connectivity index (χ2v) is 4.12. The zero-order valence-corrected chi connectivity index (χ0v) is 10.0. The standard InChI is InChI=1S/C13H12N4O2/c14-7-11(18)13-16-12(17-19-13)9-3-4-10-8(6-9)2-1-5-15-10/h1-6,11,18H,7,14H2/t11-/m0/s1. The second kappa shape index (κ2) is 4.75. The minimum absolute atomic E-state index is 0.0449. The van der Waals surface area contributed by atoms with E-state index in [2.05, 4.69) is 15.1 Å². The summed E-state index contributed by atoms with van der Waals surface area (Å²) in [4.78, 5) is 8.37. The van der Waals surface area contributed by atoms with Gasteiger partial charge in [-0.05, 0) is 24.3 Å². The molecule has 96 valence electrons. The number of aromatic nitrogens is 3. The molecule has 0 bridgehead atoms. The Kier molecular flexibility index (Phi) is 2.94. The van der Waals surface area contributed by atoms with Crippen molar-refractivity contribution in [2.24, 2.45) is 5.73 Å². The Morgan fingerprint density at radius 3 is 3.05 bits per heavy atom. The van der Waals surface area contributed by atoms with Gasteiger partial charge in [0, 0.05) is 23.7 Å². The molecule has 3 N–H and O–H groups in total. The number of fused-ring (bicyclic) bond motifs is 1. The third-order valence-electron chi connectivity index (χ3n) is 2.81. The molecule has 0 aliphatic rings. The van der Waals surface area contributed by atoms with Crippen LogP contribution in [0.15, 0.2) is 41.1 Å². The molecule has 1 atom stereocenters. The summed E-state index contributed by atoms with van der Waals surface area (Å²) in [6.45, 7) is 0.0449. The lowest BCUT2D eigenvalue weighted by atomic mass is 10.1. The number of benzene rings is 1. The Morgan fingerprint density at radius 1 is 1.32 bits per heavy atom. The van der Waals surface area contributed by atoms with E-state index in [-0.39, 0.29) is 12.4 Å². The van der Waals surface area contributed by atoms with Crippen molar-refractivity contribution in [2.45, 2.75) is 6.10 Å². The Balaban J connectivity index is 2.01. The molecule has 0 spiro atoms. The molecule has 2 heterocycles. The van der Waals surface area contributed by atoms with Crippen LogP contribution in [0.25, 0.3) is 22.3 Å². The second-order valence-electron chi connectivity index (χ2n) is 4.12. The number of hydrogen-bond donors (Lipinski definition) is 2. The van der Waals surface area contributed by atoms with Crippen LogP contribution in [0, 0.1) is 0 Å². The molecule has 1 aromatic carbocycles. The number of aliphatic hydroxyl groups is 1. The predicted octanol–water partition coefficient (Wildman–Crippen LogP) is 1.28. The number of nitrogens with two attached hydrogens (primary N) is 1. The van der Waals surface area contributed by atoms with E-state index in [4.69, 9.17) is 10.3 Å². The number of hydrogen-bond acceptors (Lipinski definition) is 6. The van der Waals surface area contributed by atoms with Crippen molar-refractivity contribution in [2.75, 3.05) is 6.54 Å². The fourth-order valence-electron chi connectivity index (χ4n) is 1.80. The first-order valence-electron chi connectivity index (χ1n) is 5.85. The lowest BCUT2D eigenvalue weighted by Crippen LogP contribution is -2.11. The van der Waals surface area contributed by atoms with Crippen LogP contribution in [0.4, 0.5) is 0 Å². The highest BCUT2D eigenvalue weighted by Crippen LogP contribution is 2.22. The van der Waals surface area contributed by atoms with Gasteiger partial charge in [0.2, 0.25) is 5.82 Å². The van der Waals surface area contributed by atoms with Crippen molar-refractivity contribution < 1.29 is 9.63 Å². The lowest BCUT2D eigenvalue weighted by molar-refractivity contribution is 0.141. The molecular formula is C13H12N4O2. The fourth-order valence-corrected chi connectivity index (χ4v) is 1.80. The molecule has 2 aromatic heterocycles. The van der Waals surface area contributed by atoms with Gasteiger partial charge in [0.15, 0.2) is 0 Å². The van der Waals surface area contributed by atoms with Crippen molar-refractivity contribution in [3.63, 3.8) is 0 Å². The topological polar surface area (TPSA) is 98.1 Å². The van der Waals surface area contributed by atoms with E-state index in [9.17, 15) is 5.11 Å². The zero-order chi connectivity index (χ0) is 13.2. The van der Waals surface area contributed by atoms with Crippen LogP contribution in [0.3, 0.4) is 0 Å². The van der Waals surface area contributed by atoms with E-state index in [0.29, 0.717) is 5.82 Å². The number of pyridine rings is 1. The van der Waals surface area contributed by atoms with Gasteiger partial charge in [0.25, 0.3) is 5.89 Å². The first-order chi connectivity index (χ1) is 9.28. The Labute approximate surface area is 108 Å². The molecule has 0 aliphatic carbocycles. The minimum Gasteiger partial charge on any atom is -0.382 e. The average Bonchev–Trinajstić information content (AvgIpc) is 2.95. The zero-order valence-electron chi connectivity index (χ0n) is 10.0. The molecule has 0 aliphatic heterocycles. The van der Waals surface area contributed by atoms with E-state index in [0.717, 1.165) is 16.5 Å². The minimum atomic E-state index is -0.927. The molecule has 0 radical (unpaired) electrons. The molecule has 0 fully saturated rings. The van der Waals surface area contributed by atoms with Gasteiger partial charge in [-0.3, -0.25) is 4.98 Å². The maximum absolute atomic E-state index is 9.53. The lowest BCUT2D eigenvalue weighted by Gasteiger charge is -1.99. The van der Waals surface area contributed by atoms with E-state index in [1.54, 1.807) is 6.20 Å². The number of nitrogens with zero attached hydrogens (tertiary/aromatic N) is 3. The molecule has 6 heteroatoms. The summed E-state index contributed by atoms with van der Waals surface area (Å²) in [6, 6.07) is 9.50. The van der Waals surface area contributed by atoms with Gasteiger partial charge in [-0.1, -0.05) is 11.2 Å². The van der Waals surface area contributed by atoms with Crippen molar-refractivity contribution in [1.29, 1.82) is 0 Å². The van der Waals surface area contributed by atoms with Crippen molar-refractivity contribution in [3.05, 3.63) is 42.4 Å². The van der Waals surface area contributed by atoms with E-state index >= 15 is 0 Å². The van der Waals surface area contributed by atoms with E-state index in [1.165, 1.54) is 0 Å². The molecule has 6 nitrogen and oxygen atoms in total. The van der Waals surface area contributed by atoms with Gasteiger partial charge in [-0.15, -0.1) is 0 Å². The molecule has 0 unspecified atom stereocenters. The Morgan fingerprint density at radius 2 is 2.21 bits per heavy atom. The van der Waals surface area contributed by atoms with Gasteiger partial charge >= 0.3 is 0 Å². The van der Waals surface area contributed by atoms with E-state index in [1.807, 2.05) is 30.3 Å². The number of rotatable bonds is 3. The molecule has 3 rings (SSSR count). The first kappa shape index (κ1) is 11.8. The SMILES string of the molecule is NC[C@H](O)c1nc(-c2ccc3ncccc3c2)no1. The van der Waals surface area contributed by atoms with Crippen LogP contribution in [-0.4, -0.2) is 26.8 Å². The average molecular weight is 256 g/mol. The normalized spacial score (nSPS) is 12.7. The first-order valence-corrected chi connectivity index (χ1v) is 5.85. The third kappa shape index (κ3) is 2.18. The van der Waals surface area contributed by atoms with Gasteiger partial charge in [0.05, 0.1) is 5.52 Å². The van der Waals surface area contributed by atoms with Gasteiger partial charge in [-0.2, -0.15) is 4.98 Å². The van der Waals surface area contributed by atoms with Crippen LogP contribution in [-0.2, 0) is 0 Å². The maximum atomic E-state index is 9.53. The highest BCUT2D eigenvalue weighted by Gasteiger charge is 2.15.